The molecule has 4 aromatic rings. The van der Waals surface area contributed by atoms with Crippen LogP contribution in [-0.4, -0.2) is 71.4 Å². The van der Waals surface area contributed by atoms with Crippen molar-refractivity contribution in [3.05, 3.63) is 82.4 Å². The topological polar surface area (TPSA) is 168 Å². The molecule has 0 aliphatic carbocycles. The molecule has 1 aliphatic rings. The molecule has 3 heterocycles. The minimum absolute atomic E-state index is 0.00494. The van der Waals surface area contributed by atoms with Crippen molar-refractivity contribution in [3.63, 3.8) is 0 Å². The van der Waals surface area contributed by atoms with Crippen molar-refractivity contribution < 1.29 is 19.5 Å². The lowest BCUT2D eigenvalue weighted by Gasteiger charge is -2.22. The number of benzene rings is 2. The lowest BCUT2D eigenvalue weighted by molar-refractivity contribution is -0.128. The van der Waals surface area contributed by atoms with Gasteiger partial charge in [0.15, 0.2) is 5.15 Å². The van der Waals surface area contributed by atoms with Crippen LogP contribution in [0, 0.1) is 5.92 Å². The Balaban J connectivity index is 1.41. The Kier molecular flexibility index (Phi) is 9.46. The third-order valence-electron chi connectivity index (χ3n) is 7.19. The summed E-state index contributed by atoms with van der Waals surface area (Å²) >= 11 is 12.6. The van der Waals surface area contributed by atoms with E-state index in [0.29, 0.717) is 58.3 Å². The summed E-state index contributed by atoms with van der Waals surface area (Å²) in [6.07, 6.45) is 4.57. The number of hydrogen-bond acceptors (Lipinski definition) is 8. The van der Waals surface area contributed by atoms with Crippen LogP contribution in [-0.2, 0) is 9.59 Å². The molecule has 3 N–H and O–H groups in total. The van der Waals surface area contributed by atoms with Gasteiger partial charge in [-0.2, -0.15) is 9.78 Å². The van der Waals surface area contributed by atoms with E-state index >= 15 is 0 Å². The molecule has 1 aliphatic heterocycles. The molecule has 0 bridgehead atoms. The molecule has 1 fully saturated rings. The van der Waals surface area contributed by atoms with E-state index in [1.807, 2.05) is 0 Å². The summed E-state index contributed by atoms with van der Waals surface area (Å²) in [6, 6.07) is 13.0. The zero-order valence-electron chi connectivity index (χ0n) is 23.4. The Hall–Kier alpha value is -4.88. The predicted molar refractivity (Wildman–Crippen MR) is 163 cm³/mol. The molecule has 0 radical (unpaired) electrons. The zero-order valence-corrected chi connectivity index (χ0v) is 24.9. The van der Waals surface area contributed by atoms with Gasteiger partial charge in [0.05, 0.1) is 17.4 Å². The minimum atomic E-state index is -1.17. The number of carbonyl (C=O) groups excluding carboxylic acids is 2. The third kappa shape index (κ3) is 7.54. The van der Waals surface area contributed by atoms with Gasteiger partial charge < -0.3 is 15.3 Å². The minimum Gasteiger partial charge on any atom is -0.465 e. The Morgan fingerprint density at radius 2 is 1.91 bits per heavy atom. The molecule has 2 aromatic heterocycles. The second-order valence-electron chi connectivity index (χ2n) is 10.2. The zero-order chi connectivity index (χ0) is 31.2. The van der Waals surface area contributed by atoms with Gasteiger partial charge in [-0.05, 0) is 77.2 Å². The van der Waals surface area contributed by atoms with E-state index in [1.54, 1.807) is 66.4 Å². The molecular weight excluding hydrogens is 609 g/mol. The number of carboxylic acid groups (broad SMARTS) is 1. The summed E-state index contributed by atoms with van der Waals surface area (Å²) in [5.74, 6) is -0.262. The average molecular weight is 636 g/mol. The van der Waals surface area contributed by atoms with Gasteiger partial charge >= 0.3 is 6.09 Å². The van der Waals surface area contributed by atoms with Crippen LogP contribution in [0.4, 0.5) is 10.5 Å². The third-order valence-corrected chi connectivity index (χ3v) is 7.70. The maximum Gasteiger partial charge on any atom is 0.409 e. The molecule has 13 nitrogen and oxygen atoms in total. The average Bonchev–Trinajstić information content (AvgIpc) is 3.69. The lowest BCUT2D eigenvalue weighted by Crippen LogP contribution is -2.31. The summed E-state index contributed by atoms with van der Waals surface area (Å²) < 4.78 is 1.46. The molecular formula is C29H27Cl2N9O4. The monoisotopic (exact) mass is 635 g/mol. The van der Waals surface area contributed by atoms with Gasteiger partial charge in [0, 0.05) is 47.9 Å². The van der Waals surface area contributed by atoms with E-state index in [9.17, 15) is 14.4 Å². The van der Waals surface area contributed by atoms with Crippen LogP contribution in [0.25, 0.3) is 22.9 Å². The molecule has 5 rings (SSSR count). The van der Waals surface area contributed by atoms with Crippen molar-refractivity contribution >= 4 is 52.9 Å². The summed E-state index contributed by atoms with van der Waals surface area (Å²) in [6.45, 7) is 2.75. The smallest absolute Gasteiger partial charge is 0.409 e. The van der Waals surface area contributed by atoms with Gasteiger partial charge in [-0.15, -0.1) is 10.2 Å². The molecule has 1 saturated heterocycles. The number of likely N-dealkylation sites (tertiary alicyclic amines) is 1. The molecule has 15 heteroatoms. The summed E-state index contributed by atoms with van der Waals surface area (Å²) in [4.78, 5) is 38.0. The molecule has 2 atom stereocenters. The first-order valence-corrected chi connectivity index (χ1v) is 14.3. The van der Waals surface area contributed by atoms with Crippen LogP contribution in [0.15, 0.2) is 60.9 Å². The Morgan fingerprint density at radius 1 is 1.11 bits per heavy atom. The van der Waals surface area contributed by atoms with E-state index in [4.69, 9.17) is 28.3 Å². The predicted octanol–water partition coefficient (Wildman–Crippen LogP) is 4.65. The van der Waals surface area contributed by atoms with Crippen LogP contribution < -0.4 is 10.6 Å². The van der Waals surface area contributed by atoms with Gasteiger partial charge in [-0.1, -0.05) is 35.3 Å². The van der Waals surface area contributed by atoms with Crippen LogP contribution in [0.5, 0.6) is 0 Å². The van der Waals surface area contributed by atoms with E-state index < -0.39 is 12.1 Å². The SMILES string of the molecule is CC(=O)N1CCC(C[C@H](NC(=O)C=Cc2cc(Cl)ccc2-n2cnnn2)c2cc(-c3ccc(NC(=O)O)cc3)c(Cl)nn2)C1. The number of amides is 3. The molecule has 226 valence electrons. The largest absolute Gasteiger partial charge is 0.465 e. The number of nitrogens with one attached hydrogen (secondary N) is 2. The first kappa shape index (κ1) is 30.6. The van der Waals surface area contributed by atoms with E-state index in [2.05, 4.69) is 36.4 Å². The first-order chi connectivity index (χ1) is 21.2. The van der Waals surface area contributed by atoms with Crippen LogP contribution in [0.1, 0.15) is 37.1 Å². The van der Waals surface area contributed by atoms with Crippen molar-refractivity contribution in [2.45, 2.75) is 25.8 Å². The van der Waals surface area contributed by atoms with Crippen molar-refractivity contribution in [2.24, 2.45) is 5.92 Å². The van der Waals surface area contributed by atoms with E-state index in [0.717, 1.165) is 6.42 Å². The number of anilines is 1. The maximum atomic E-state index is 13.3. The quantitative estimate of drug-likeness (QED) is 0.222. The molecule has 1 unspecified atom stereocenters. The van der Waals surface area contributed by atoms with Gasteiger partial charge in [-0.25, -0.2) is 4.79 Å². The Morgan fingerprint density at radius 3 is 2.59 bits per heavy atom. The standard InChI is InChI=1S/C29H27Cl2N9O4/c1-17(41)39-11-10-18(15-39)12-24(25-14-23(28(31)36-35-25)19-2-6-22(7-3-19)33-29(43)44)34-27(42)9-4-20-13-21(30)5-8-26(20)40-16-32-37-38-40/h2-9,13-14,16,18,24,33H,10-12,15H2,1H3,(H,34,42)(H,43,44)/t18?,24-/m0/s1. The van der Waals surface area contributed by atoms with Crippen LogP contribution in [0.2, 0.25) is 10.2 Å². The summed E-state index contributed by atoms with van der Waals surface area (Å²) in [7, 11) is 0. The molecule has 0 spiro atoms. The fraction of sp³-hybridized carbons (Fsp3) is 0.241. The fourth-order valence-corrected chi connectivity index (χ4v) is 5.43. The van der Waals surface area contributed by atoms with Crippen molar-refractivity contribution in [1.29, 1.82) is 0 Å². The van der Waals surface area contributed by atoms with Crippen molar-refractivity contribution in [3.8, 4) is 16.8 Å². The van der Waals surface area contributed by atoms with Gasteiger partial charge in [0.25, 0.3) is 0 Å². The number of rotatable bonds is 9. The molecule has 44 heavy (non-hydrogen) atoms. The number of aromatic nitrogens is 6. The fourth-order valence-electron chi connectivity index (χ4n) is 5.04. The normalized spacial score (nSPS) is 15.3. The molecule has 0 saturated carbocycles. The number of tetrazole rings is 1. The van der Waals surface area contributed by atoms with Gasteiger partial charge in [-0.3, -0.25) is 14.9 Å². The molecule has 2 aromatic carbocycles. The summed E-state index contributed by atoms with van der Waals surface area (Å²) in [5, 5.41) is 34.7. The van der Waals surface area contributed by atoms with E-state index in [1.165, 1.54) is 17.1 Å². The van der Waals surface area contributed by atoms with Gasteiger partial charge in [0.2, 0.25) is 11.8 Å². The highest BCUT2D eigenvalue weighted by Gasteiger charge is 2.29. The number of carbonyl (C=O) groups is 3. The number of hydrogen-bond donors (Lipinski definition) is 3. The Bertz CT molecular complexity index is 1700. The highest BCUT2D eigenvalue weighted by Crippen LogP contribution is 2.32. The number of nitrogens with zero attached hydrogens (tertiary/aromatic N) is 7. The van der Waals surface area contributed by atoms with Crippen molar-refractivity contribution in [1.82, 2.24) is 40.6 Å². The number of halogens is 2. The molecule has 3 amide bonds. The highest BCUT2D eigenvalue weighted by atomic mass is 35.5. The van der Waals surface area contributed by atoms with Crippen LogP contribution in [0.3, 0.4) is 0 Å². The Labute approximate surface area is 261 Å². The van der Waals surface area contributed by atoms with Crippen molar-refractivity contribution in [2.75, 3.05) is 18.4 Å². The maximum absolute atomic E-state index is 13.3. The van der Waals surface area contributed by atoms with Gasteiger partial charge in [0.1, 0.15) is 6.33 Å². The summed E-state index contributed by atoms with van der Waals surface area (Å²) in [5.41, 5.74) is 3.39. The second kappa shape index (κ2) is 13.6. The first-order valence-electron chi connectivity index (χ1n) is 13.6. The lowest BCUT2D eigenvalue weighted by atomic mass is 9.95. The highest BCUT2D eigenvalue weighted by molar-refractivity contribution is 6.32. The second-order valence-corrected chi connectivity index (χ2v) is 11.0. The van der Waals surface area contributed by atoms with Crippen LogP contribution >= 0.6 is 23.2 Å². The van der Waals surface area contributed by atoms with E-state index in [-0.39, 0.29) is 22.9 Å².